The minimum absolute atomic E-state index is 0.0345. The average molecular weight is 909 g/mol. The van der Waals surface area contributed by atoms with Crippen LogP contribution in [-0.4, -0.2) is 109 Å². The summed E-state index contributed by atoms with van der Waals surface area (Å²) >= 11 is 0. The van der Waals surface area contributed by atoms with Gasteiger partial charge in [-0.3, -0.25) is 4.79 Å². The maximum absolute atomic E-state index is 14.4. The molecule has 1 aliphatic heterocycles. The maximum atomic E-state index is 14.4. The van der Waals surface area contributed by atoms with Crippen molar-refractivity contribution in [2.45, 2.75) is 113 Å². The highest BCUT2D eigenvalue weighted by Crippen LogP contribution is 2.37. The summed E-state index contributed by atoms with van der Waals surface area (Å²) in [5, 5.41) is 22.3. The predicted octanol–water partition coefficient (Wildman–Crippen LogP) is 6.18. The van der Waals surface area contributed by atoms with E-state index in [1.807, 2.05) is 30.3 Å². The van der Waals surface area contributed by atoms with Crippen LogP contribution in [0.4, 0.5) is 0 Å². The number of aliphatic hydroxyl groups is 2. The normalized spacial score (nSPS) is 26.0. The lowest BCUT2D eigenvalue weighted by atomic mass is 9.83. The number of hydrogen-bond acceptors (Lipinski definition) is 15. The Hall–Kier alpha value is -5.97. The zero-order valence-electron chi connectivity index (χ0n) is 36.7. The van der Waals surface area contributed by atoms with Gasteiger partial charge in [0.1, 0.15) is 31.5 Å². The number of carbonyl (C=O) groups excluding carboxylic acids is 5. The number of carbonyl (C=O) groups is 5. The van der Waals surface area contributed by atoms with E-state index in [0.717, 1.165) is 37.7 Å². The highest BCUT2D eigenvalue weighted by molar-refractivity contribution is 5.90. The van der Waals surface area contributed by atoms with Crippen molar-refractivity contribution in [2.24, 2.45) is 11.8 Å². The summed E-state index contributed by atoms with van der Waals surface area (Å²) in [6, 6.07) is 33.3. The standard InChI is InChI=1S/C51H56O15/c1-59-46(54)37-28-38(52)42(53)39(29-37)63-51-45(66-49(57)36-25-15-6-16-26-36)44(62-40(27-32-17-7-2-8-18-32)50(58)60-30-33-19-9-3-10-20-33)43(65-48(56)35-23-13-5-14-24-35)41(64-51)31-61-47(55)34-21-11-4-12-22-34/h3-6,9-16,19-26,32,37-45,51-53H,2,7-8,17-18,27-31H2,1H3/t37?,38?,39?,40-,41?,42?,43?,44?,45?,51?/m0/s1. The van der Waals surface area contributed by atoms with Crippen molar-refractivity contribution in [1.82, 2.24) is 0 Å². The molecule has 2 N–H and O–H groups in total. The lowest BCUT2D eigenvalue weighted by Gasteiger charge is -2.47. The number of benzene rings is 4. The molecule has 4 aromatic rings. The Bertz CT molecular complexity index is 2180. The van der Waals surface area contributed by atoms with Crippen molar-refractivity contribution >= 4 is 29.8 Å². The summed E-state index contributed by atoms with van der Waals surface area (Å²) in [6.45, 7) is -0.657. The maximum Gasteiger partial charge on any atom is 0.338 e. The van der Waals surface area contributed by atoms with Crippen LogP contribution in [-0.2, 0) is 54.1 Å². The van der Waals surface area contributed by atoms with Gasteiger partial charge in [-0.25, -0.2) is 19.2 Å². The summed E-state index contributed by atoms with van der Waals surface area (Å²) in [6.07, 6.45) is -9.23. The van der Waals surface area contributed by atoms with E-state index >= 15 is 0 Å². The fourth-order valence-electron chi connectivity index (χ4n) is 8.70. The number of aliphatic hydroxyl groups excluding tert-OH is 2. The van der Waals surface area contributed by atoms with Crippen molar-refractivity contribution in [3.05, 3.63) is 144 Å². The molecule has 3 fully saturated rings. The van der Waals surface area contributed by atoms with Crippen molar-refractivity contribution in [3.63, 3.8) is 0 Å². The summed E-state index contributed by atoms with van der Waals surface area (Å²) in [5.41, 5.74) is 1.20. The average Bonchev–Trinajstić information content (AvgIpc) is 3.36. The molecular weight excluding hydrogens is 853 g/mol. The molecule has 1 saturated heterocycles. The monoisotopic (exact) mass is 908 g/mol. The summed E-state index contributed by atoms with van der Waals surface area (Å²) < 4.78 is 49.1. The van der Waals surface area contributed by atoms with E-state index in [0.29, 0.717) is 0 Å². The second kappa shape index (κ2) is 23.5. The first-order valence-electron chi connectivity index (χ1n) is 22.4. The Labute approximate surface area is 383 Å². The highest BCUT2D eigenvalue weighted by Gasteiger charge is 2.55. The molecule has 1 heterocycles. The summed E-state index contributed by atoms with van der Waals surface area (Å²) in [7, 11) is 1.20. The minimum Gasteiger partial charge on any atom is -0.469 e. The third-order valence-corrected chi connectivity index (χ3v) is 12.2. The Morgan fingerprint density at radius 1 is 0.652 bits per heavy atom. The van der Waals surface area contributed by atoms with E-state index in [9.17, 15) is 34.2 Å². The van der Waals surface area contributed by atoms with E-state index in [4.69, 9.17) is 37.9 Å². The second-order valence-corrected chi connectivity index (χ2v) is 16.8. The topological polar surface area (TPSA) is 200 Å². The van der Waals surface area contributed by atoms with E-state index < -0.39 is 97.5 Å². The van der Waals surface area contributed by atoms with Gasteiger partial charge in [-0.2, -0.15) is 0 Å². The fourth-order valence-corrected chi connectivity index (χ4v) is 8.70. The molecular formula is C51H56O15. The van der Waals surface area contributed by atoms with Crippen LogP contribution >= 0.6 is 0 Å². The Balaban J connectivity index is 1.32. The molecule has 2 aliphatic carbocycles. The SMILES string of the molecule is COC(=O)C1CC(O)C(O)C(OC2OC(COC(=O)c3ccccc3)C(OC(=O)c3ccccc3)C(O[C@@H](CC3CCCCC3)C(=O)OCc3ccccc3)C2OC(=O)c2ccccc2)C1. The van der Waals surface area contributed by atoms with E-state index in [-0.39, 0.29) is 48.5 Å². The molecule has 0 spiro atoms. The minimum atomic E-state index is -1.73. The largest absolute Gasteiger partial charge is 0.469 e. The Morgan fingerprint density at radius 3 is 1.77 bits per heavy atom. The summed E-state index contributed by atoms with van der Waals surface area (Å²) in [5.74, 6) is -4.70. The molecule has 0 bridgehead atoms. The molecule has 0 radical (unpaired) electrons. The number of methoxy groups -OCH3 is 1. The van der Waals surface area contributed by atoms with Gasteiger partial charge < -0.3 is 48.1 Å². The third-order valence-electron chi connectivity index (χ3n) is 12.2. The van der Waals surface area contributed by atoms with Crippen LogP contribution in [0.2, 0.25) is 0 Å². The molecule has 10 atom stereocenters. The van der Waals surface area contributed by atoms with Crippen LogP contribution < -0.4 is 0 Å². The van der Waals surface area contributed by atoms with Crippen molar-refractivity contribution in [2.75, 3.05) is 13.7 Å². The van der Waals surface area contributed by atoms with Gasteiger partial charge >= 0.3 is 29.8 Å². The first-order valence-corrected chi connectivity index (χ1v) is 22.4. The van der Waals surface area contributed by atoms with E-state index in [1.165, 1.54) is 31.4 Å². The van der Waals surface area contributed by atoms with Crippen LogP contribution in [0, 0.1) is 11.8 Å². The molecule has 3 aliphatic rings. The quantitative estimate of drug-likeness (QED) is 0.0899. The molecule has 15 heteroatoms. The highest BCUT2D eigenvalue weighted by atomic mass is 16.7. The summed E-state index contributed by atoms with van der Waals surface area (Å²) in [4.78, 5) is 69.1. The van der Waals surface area contributed by atoms with Gasteiger partial charge in [0.05, 0.1) is 41.9 Å². The molecule has 350 valence electrons. The molecule has 66 heavy (non-hydrogen) atoms. The van der Waals surface area contributed by atoms with E-state index in [2.05, 4.69) is 0 Å². The van der Waals surface area contributed by atoms with Gasteiger partial charge in [-0.05, 0) is 67.1 Å². The van der Waals surface area contributed by atoms with Gasteiger partial charge in [0.25, 0.3) is 0 Å². The Morgan fingerprint density at radius 2 is 1.20 bits per heavy atom. The number of hydrogen-bond donors (Lipinski definition) is 2. The number of esters is 5. The van der Waals surface area contributed by atoms with Gasteiger partial charge in [-0.1, -0.05) is 117 Å². The van der Waals surface area contributed by atoms with Gasteiger partial charge in [0.15, 0.2) is 24.6 Å². The van der Waals surface area contributed by atoms with Crippen molar-refractivity contribution < 1.29 is 72.1 Å². The molecule has 9 unspecified atom stereocenters. The fraction of sp³-hybridized carbons (Fsp3) is 0.431. The number of rotatable bonds is 17. The predicted molar refractivity (Wildman–Crippen MR) is 234 cm³/mol. The van der Waals surface area contributed by atoms with Gasteiger partial charge in [-0.15, -0.1) is 0 Å². The first-order chi connectivity index (χ1) is 32.1. The van der Waals surface area contributed by atoms with Crippen LogP contribution in [0.5, 0.6) is 0 Å². The van der Waals surface area contributed by atoms with Crippen molar-refractivity contribution in [3.8, 4) is 0 Å². The zero-order valence-corrected chi connectivity index (χ0v) is 36.7. The van der Waals surface area contributed by atoms with Crippen LogP contribution in [0.25, 0.3) is 0 Å². The van der Waals surface area contributed by atoms with Gasteiger partial charge in [0.2, 0.25) is 0 Å². The zero-order chi connectivity index (χ0) is 46.4. The molecule has 0 aromatic heterocycles. The van der Waals surface area contributed by atoms with Crippen molar-refractivity contribution in [1.29, 1.82) is 0 Å². The van der Waals surface area contributed by atoms with Crippen LogP contribution in [0.15, 0.2) is 121 Å². The lowest BCUT2D eigenvalue weighted by molar-refractivity contribution is -0.329. The first kappa shape index (κ1) is 48.0. The van der Waals surface area contributed by atoms with Crippen LogP contribution in [0.3, 0.4) is 0 Å². The third kappa shape index (κ3) is 12.7. The molecule has 7 rings (SSSR count). The molecule has 2 saturated carbocycles. The molecule has 15 nitrogen and oxygen atoms in total. The van der Waals surface area contributed by atoms with Crippen LogP contribution in [0.1, 0.15) is 88.0 Å². The molecule has 0 amide bonds. The Kier molecular flexibility index (Phi) is 17.1. The number of ether oxygens (including phenoxy) is 8. The lowest BCUT2D eigenvalue weighted by Crippen LogP contribution is -2.65. The van der Waals surface area contributed by atoms with Gasteiger partial charge in [0, 0.05) is 0 Å². The van der Waals surface area contributed by atoms with E-state index in [1.54, 1.807) is 66.7 Å². The molecule has 4 aromatic carbocycles. The second-order valence-electron chi connectivity index (χ2n) is 16.8. The smallest absolute Gasteiger partial charge is 0.338 e.